The molecule has 0 aromatic heterocycles. The van der Waals surface area contributed by atoms with E-state index in [1.54, 1.807) is 6.08 Å². The van der Waals surface area contributed by atoms with Crippen LogP contribution in [0.25, 0.3) is 0 Å². The van der Waals surface area contributed by atoms with Gasteiger partial charge in [-0.25, -0.2) is 0 Å². The molecule has 0 spiro atoms. The van der Waals surface area contributed by atoms with E-state index < -0.39 is 5.91 Å². The average Bonchev–Trinajstić information content (AvgIpc) is 1.87. The minimum Gasteiger partial charge on any atom is -0.359 e. The van der Waals surface area contributed by atoms with Gasteiger partial charge >= 0.3 is 0 Å². The highest BCUT2D eigenvalue weighted by Crippen LogP contribution is 1.86. The largest absolute Gasteiger partial charge is 0.359 e. The van der Waals surface area contributed by atoms with Gasteiger partial charge in [-0.1, -0.05) is 25.3 Å². The minimum atomic E-state index is -0.582. The first-order chi connectivity index (χ1) is 4.77. The van der Waals surface area contributed by atoms with Crippen molar-refractivity contribution in [1.82, 2.24) is 0 Å². The van der Waals surface area contributed by atoms with Crippen molar-refractivity contribution in [3.8, 4) is 11.8 Å². The van der Waals surface area contributed by atoms with Crippen LogP contribution < -0.4 is 5.73 Å². The highest BCUT2D eigenvalue weighted by Gasteiger charge is 1.75. The number of amides is 1. The number of carbonyl (C=O) groups is 1. The number of hydrogen-bond acceptors (Lipinski definition) is 1. The second kappa shape index (κ2) is 5.90. The van der Waals surface area contributed by atoms with Crippen molar-refractivity contribution in [2.24, 2.45) is 5.73 Å². The maximum absolute atomic E-state index is 10.0. The summed E-state index contributed by atoms with van der Waals surface area (Å²) in [6.45, 7) is 2.08. The lowest BCUT2D eigenvalue weighted by Crippen LogP contribution is -2.05. The second-order valence-electron chi connectivity index (χ2n) is 1.82. The van der Waals surface area contributed by atoms with Crippen LogP contribution in [0.4, 0.5) is 0 Å². The molecular weight excluding hydrogens is 126 g/mol. The van der Waals surface area contributed by atoms with E-state index in [1.165, 1.54) is 0 Å². The molecule has 54 valence electrons. The maximum Gasteiger partial charge on any atom is 0.293 e. The standard InChI is InChI=1S/C8H11NO/c1-2-3-4-5-6-7-8(9)10/h4-5H,2-3H2,1H3,(H2,9,10)/b5-4+. The predicted octanol–water partition coefficient (Wildman–Crippen LogP) is 0.831. The summed E-state index contributed by atoms with van der Waals surface area (Å²) < 4.78 is 0. The Labute approximate surface area is 61.1 Å². The fraction of sp³-hybridized carbons (Fsp3) is 0.375. The summed E-state index contributed by atoms with van der Waals surface area (Å²) in [6.07, 6.45) is 5.65. The lowest BCUT2D eigenvalue weighted by molar-refractivity contribution is -0.112. The summed E-state index contributed by atoms with van der Waals surface area (Å²) in [6, 6.07) is 0. The average molecular weight is 137 g/mol. The molecule has 0 saturated heterocycles. The Morgan fingerprint density at radius 3 is 2.90 bits per heavy atom. The molecule has 2 nitrogen and oxygen atoms in total. The van der Waals surface area contributed by atoms with Gasteiger partial charge in [-0.15, -0.1) is 0 Å². The van der Waals surface area contributed by atoms with Crippen molar-refractivity contribution >= 4 is 5.91 Å². The molecule has 0 aromatic rings. The van der Waals surface area contributed by atoms with Gasteiger partial charge < -0.3 is 5.73 Å². The molecule has 0 aliphatic heterocycles. The fourth-order valence-electron chi connectivity index (χ4n) is 0.422. The Morgan fingerprint density at radius 1 is 1.70 bits per heavy atom. The Kier molecular flexibility index (Phi) is 5.17. The molecule has 1 amide bonds. The summed E-state index contributed by atoms with van der Waals surface area (Å²) in [4.78, 5) is 10.0. The zero-order valence-corrected chi connectivity index (χ0v) is 6.05. The van der Waals surface area contributed by atoms with Gasteiger partial charge in [-0.3, -0.25) is 4.79 Å². The summed E-state index contributed by atoms with van der Waals surface area (Å²) >= 11 is 0. The molecule has 2 N–H and O–H groups in total. The van der Waals surface area contributed by atoms with E-state index in [-0.39, 0.29) is 0 Å². The number of allylic oxidation sites excluding steroid dienone is 2. The number of rotatable bonds is 2. The monoisotopic (exact) mass is 137 g/mol. The molecule has 0 rings (SSSR count). The lowest BCUT2D eigenvalue weighted by Gasteiger charge is -1.77. The minimum absolute atomic E-state index is 0.582. The van der Waals surface area contributed by atoms with Crippen molar-refractivity contribution in [3.05, 3.63) is 12.2 Å². The van der Waals surface area contributed by atoms with Crippen LogP contribution in [0.15, 0.2) is 12.2 Å². The van der Waals surface area contributed by atoms with Crippen molar-refractivity contribution < 1.29 is 4.79 Å². The van der Waals surface area contributed by atoms with E-state index in [9.17, 15) is 4.79 Å². The van der Waals surface area contributed by atoms with Crippen LogP contribution in [-0.4, -0.2) is 5.91 Å². The number of carbonyl (C=O) groups excluding carboxylic acids is 1. The summed E-state index contributed by atoms with van der Waals surface area (Å²) in [7, 11) is 0. The molecule has 10 heavy (non-hydrogen) atoms. The normalized spacial score (nSPS) is 8.90. The number of primary amides is 1. The van der Waals surface area contributed by atoms with Gasteiger partial charge in [0.2, 0.25) is 0 Å². The molecule has 0 aromatic carbocycles. The molecule has 2 heteroatoms. The topological polar surface area (TPSA) is 43.1 Å². The fourth-order valence-corrected chi connectivity index (χ4v) is 0.422. The van der Waals surface area contributed by atoms with Gasteiger partial charge in [0.05, 0.1) is 0 Å². The number of unbranched alkanes of at least 4 members (excludes halogenated alkanes) is 1. The van der Waals surface area contributed by atoms with Crippen LogP contribution in [0, 0.1) is 11.8 Å². The van der Waals surface area contributed by atoms with E-state index in [2.05, 4.69) is 18.8 Å². The van der Waals surface area contributed by atoms with Crippen LogP contribution in [0.3, 0.4) is 0 Å². The first-order valence-electron chi connectivity index (χ1n) is 3.23. The Bertz CT molecular complexity index is 183. The van der Waals surface area contributed by atoms with Gasteiger partial charge in [0.1, 0.15) is 0 Å². The smallest absolute Gasteiger partial charge is 0.293 e. The molecule has 0 heterocycles. The van der Waals surface area contributed by atoms with Gasteiger partial charge in [0.25, 0.3) is 5.91 Å². The van der Waals surface area contributed by atoms with E-state index in [0.717, 1.165) is 12.8 Å². The van der Waals surface area contributed by atoms with E-state index >= 15 is 0 Å². The van der Waals surface area contributed by atoms with E-state index in [4.69, 9.17) is 5.73 Å². The van der Waals surface area contributed by atoms with Crippen molar-refractivity contribution in [2.45, 2.75) is 19.8 Å². The number of nitrogens with two attached hydrogens (primary N) is 1. The van der Waals surface area contributed by atoms with Crippen molar-refractivity contribution in [2.75, 3.05) is 0 Å². The third-order valence-electron chi connectivity index (χ3n) is 0.852. The lowest BCUT2D eigenvalue weighted by atomic mass is 10.3. The second-order valence-corrected chi connectivity index (χ2v) is 1.82. The molecule has 0 saturated carbocycles. The molecule has 0 fully saturated rings. The molecule has 0 aliphatic carbocycles. The summed E-state index contributed by atoms with van der Waals surface area (Å²) in [5, 5.41) is 0. The van der Waals surface area contributed by atoms with Crippen LogP contribution in [0.1, 0.15) is 19.8 Å². The first-order valence-corrected chi connectivity index (χ1v) is 3.23. The maximum atomic E-state index is 10.0. The first kappa shape index (κ1) is 8.77. The highest BCUT2D eigenvalue weighted by molar-refractivity contribution is 5.92. The quantitative estimate of drug-likeness (QED) is 0.563. The Balaban J connectivity index is 3.54. The molecular formula is C8H11NO. The SMILES string of the molecule is CCC/C=C/C#CC(N)=O. The molecule has 0 radical (unpaired) electrons. The summed E-state index contributed by atoms with van der Waals surface area (Å²) in [5.41, 5.74) is 4.76. The van der Waals surface area contributed by atoms with E-state index in [0.29, 0.717) is 0 Å². The third-order valence-corrected chi connectivity index (χ3v) is 0.852. The van der Waals surface area contributed by atoms with Crippen molar-refractivity contribution in [1.29, 1.82) is 0 Å². The van der Waals surface area contributed by atoms with Gasteiger partial charge in [-0.2, -0.15) is 0 Å². The Hall–Kier alpha value is -1.23. The van der Waals surface area contributed by atoms with Crippen LogP contribution in [-0.2, 0) is 4.79 Å². The molecule has 0 unspecified atom stereocenters. The Morgan fingerprint density at radius 2 is 2.40 bits per heavy atom. The van der Waals surface area contributed by atoms with Crippen LogP contribution >= 0.6 is 0 Å². The zero-order chi connectivity index (χ0) is 7.82. The third kappa shape index (κ3) is 6.77. The van der Waals surface area contributed by atoms with Gasteiger partial charge in [0.15, 0.2) is 0 Å². The number of hydrogen-bond donors (Lipinski definition) is 1. The molecule has 0 aliphatic rings. The molecule has 0 atom stereocenters. The van der Waals surface area contributed by atoms with Crippen LogP contribution in [0.2, 0.25) is 0 Å². The van der Waals surface area contributed by atoms with Crippen molar-refractivity contribution in [3.63, 3.8) is 0 Å². The van der Waals surface area contributed by atoms with Crippen LogP contribution in [0.5, 0.6) is 0 Å². The zero-order valence-electron chi connectivity index (χ0n) is 6.05. The van der Waals surface area contributed by atoms with Gasteiger partial charge in [0, 0.05) is 0 Å². The highest BCUT2D eigenvalue weighted by atomic mass is 16.1. The molecule has 0 bridgehead atoms. The van der Waals surface area contributed by atoms with Gasteiger partial charge in [-0.05, 0) is 18.4 Å². The summed E-state index contributed by atoms with van der Waals surface area (Å²) in [5.74, 6) is 4.14. The predicted molar refractivity (Wildman–Crippen MR) is 41.0 cm³/mol. The van der Waals surface area contributed by atoms with E-state index in [1.807, 2.05) is 6.08 Å².